The van der Waals surface area contributed by atoms with Crippen molar-refractivity contribution in [2.75, 3.05) is 11.9 Å². The minimum Gasteiger partial charge on any atom is -0.468 e. The Kier molecular flexibility index (Phi) is 4.80. The fraction of sp³-hybridized carbons (Fsp3) is 0.467. The zero-order valence-electron chi connectivity index (χ0n) is 12.9. The summed E-state index contributed by atoms with van der Waals surface area (Å²) in [7, 11) is 0. The normalized spacial score (nSPS) is 12.4. The zero-order chi connectivity index (χ0) is 15.4. The van der Waals surface area contributed by atoms with Crippen molar-refractivity contribution in [3.05, 3.63) is 35.5 Å². The Labute approximate surface area is 124 Å². The first kappa shape index (κ1) is 15.3. The first-order valence-corrected chi connectivity index (χ1v) is 7.13. The molecule has 2 rings (SSSR count). The maximum Gasteiger partial charge on any atom is 0.238 e. The summed E-state index contributed by atoms with van der Waals surface area (Å²) in [5.74, 6) is 0.726. The van der Waals surface area contributed by atoms with Gasteiger partial charge in [0.05, 0.1) is 35.9 Å². The number of nitrogens with zero attached hydrogens (tertiary/aromatic N) is 2. The van der Waals surface area contributed by atoms with Crippen molar-refractivity contribution in [2.45, 2.75) is 40.3 Å². The Hall–Kier alpha value is -2.08. The number of hydrogen-bond acceptors (Lipinski definition) is 4. The molecule has 2 heterocycles. The van der Waals surface area contributed by atoms with E-state index in [1.54, 1.807) is 6.26 Å². The largest absolute Gasteiger partial charge is 0.468 e. The van der Waals surface area contributed by atoms with Gasteiger partial charge in [0.25, 0.3) is 0 Å². The lowest BCUT2D eigenvalue weighted by Crippen LogP contribution is -2.30. The van der Waals surface area contributed by atoms with Gasteiger partial charge in [0.1, 0.15) is 5.76 Å². The molecule has 0 saturated carbocycles. The first-order valence-electron chi connectivity index (χ1n) is 7.13. The van der Waals surface area contributed by atoms with E-state index < -0.39 is 0 Å². The van der Waals surface area contributed by atoms with Crippen LogP contribution < -0.4 is 10.6 Å². The lowest BCUT2D eigenvalue weighted by Gasteiger charge is -2.11. The summed E-state index contributed by atoms with van der Waals surface area (Å²) in [5.41, 5.74) is 2.61. The van der Waals surface area contributed by atoms with Gasteiger partial charge in [-0.25, -0.2) is 0 Å². The topological polar surface area (TPSA) is 72.1 Å². The van der Waals surface area contributed by atoms with Crippen LogP contribution in [0.5, 0.6) is 0 Å². The molecule has 6 nitrogen and oxygen atoms in total. The van der Waals surface area contributed by atoms with Crippen LogP contribution >= 0.6 is 0 Å². The number of nitrogens with one attached hydrogen (secondary N) is 2. The van der Waals surface area contributed by atoms with Crippen molar-refractivity contribution >= 4 is 11.6 Å². The molecule has 114 valence electrons. The maximum atomic E-state index is 12.0. The van der Waals surface area contributed by atoms with Crippen molar-refractivity contribution in [1.29, 1.82) is 0 Å². The van der Waals surface area contributed by atoms with Gasteiger partial charge in [-0.2, -0.15) is 5.10 Å². The van der Waals surface area contributed by atoms with Crippen LogP contribution in [0.3, 0.4) is 0 Å². The summed E-state index contributed by atoms with van der Waals surface area (Å²) in [4.78, 5) is 12.0. The highest BCUT2D eigenvalue weighted by Gasteiger charge is 2.14. The molecule has 2 aromatic heterocycles. The lowest BCUT2D eigenvalue weighted by atomic mass is 10.2. The number of hydrogen-bond donors (Lipinski definition) is 2. The van der Waals surface area contributed by atoms with Gasteiger partial charge < -0.3 is 9.73 Å². The van der Waals surface area contributed by atoms with E-state index >= 15 is 0 Å². The van der Waals surface area contributed by atoms with Crippen molar-refractivity contribution in [2.24, 2.45) is 0 Å². The van der Waals surface area contributed by atoms with E-state index in [0.717, 1.165) is 29.4 Å². The standard InChI is InChI=1S/C15H22N4O2/c1-5-19-12(4)15(11(3)18-19)17-14(20)9-16-10(2)13-7-6-8-21-13/h6-8,10,16H,5,9H2,1-4H3,(H,17,20). The van der Waals surface area contributed by atoms with Gasteiger partial charge >= 0.3 is 0 Å². The second-order valence-corrected chi connectivity index (χ2v) is 5.03. The molecule has 0 saturated heterocycles. The average molecular weight is 290 g/mol. The van der Waals surface area contributed by atoms with Crippen LogP contribution in [0.15, 0.2) is 22.8 Å². The molecule has 0 aliphatic rings. The average Bonchev–Trinajstić information content (AvgIpc) is 3.08. The fourth-order valence-electron chi connectivity index (χ4n) is 2.25. The number of carbonyl (C=O) groups excluding carboxylic acids is 1. The Morgan fingerprint density at radius 2 is 2.24 bits per heavy atom. The number of aryl methyl sites for hydroxylation is 2. The molecule has 0 aliphatic heterocycles. The van der Waals surface area contributed by atoms with Crippen LogP contribution in [0.4, 0.5) is 5.69 Å². The van der Waals surface area contributed by atoms with Crippen LogP contribution in [0, 0.1) is 13.8 Å². The quantitative estimate of drug-likeness (QED) is 0.857. The van der Waals surface area contributed by atoms with Crippen LogP contribution in [-0.2, 0) is 11.3 Å². The summed E-state index contributed by atoms with van der Waals surface area (Å²) in [6, 6.07) is 3.71. The van der Waals surface area contributed by atoms with E-state index in [0.29, 0.717) is 0 Å². The van der Waals surface area contributed by atoms with Gasteiger partial charge in [-0.1, -0.05) is 0 Å². The molecular formula is C15H22N4O2. The highest BCUT2D eigenvalue weighted by Crippen LogP contribution is 2.19. The molecule has 0 fully saturated rings. The van der Waals surface area contributed by atoms with Gasteiger partial charge in [-0.3, -0.25) is 14.8 Å². The monoisotopic (exact) mass is 290 g/mol. The van der Waals surface area contributed by atoms with Gasteiger partial charge in [0, 0.05) is 6.54 Å². The summed E-state index contributed by atoms with van der Waals surface area (Å²) in [5, 5.41) is 10.4. The van der Waals surface area contributed by atoms with Gasteiger partial charge in [0.2, 0.25) is 5.91 Å². The lowest BCUT2D eigenvalue weighted by molar-refractivity contribution is -0.115. The molecule has 6 heteroatoms. The second kappa shape index (κ2) is 6.58. The molecule has 0 bridgehead atoms. The third kappa shape index (κ3) is 3.52. The summed E-state index contributed by atoms with van der Waals surface area (Å²) in [6.07, 6.45) is 1.62. The maximum absolute atomic E-state index is 12.0. The summed E-state index contributed by atoms with van der Waals surface area (Å²) < 4.78 is 7.17. The van der Waals surface area contributed by atoms with E-state index in [1.807, 2.05) is 44.5 Å². The molecule has 0 radical (unpaired) electrons. The number of rotatable bonds is 6. The summed E-state index contributed by atoms with van der Waals surface area (Å²) >= 11 is 0. The Bertz CT molecular complexity index is 601. The van der Waals surface area contributed by atoms with Crippen LogP contribution in [0.25, 0.3) is 0 Å². The van der Waals surface area contributed by atoms with Crippen molar-refractivity contribution in [1.82, 2.24) is 15.1 Å². The molecule has 1 unspecified atom stereocenters. The van der Waals surface area contributed by atoms with Crippen LogP contribution in [0.2, 0.25) is 0 Å². The van der Waals surface area contributed by atoms with E-state index in [4.69, 9.17) is 4.42 Å². The second-order valence-electron chi connectivity index (χ2n) is 5.03. The smallest absolute Gasteiger partial charge is 0.238 e. The van der Waals surface area contributed by atoms with E-state index in [-0.39, 0.29) is 18.5 Å². The number of amides is 1. The molecule has 2 N–H and O–H groups in total. The molecule has 0 spiro atoms. The predicted molar refractivity (Wildman–Crippen MR) is 81.1 cm³/mol. The predicted octanol–water partition coefficient (Wildman–Crippen LogP) is 2.40. The first-order chi connectivity index (χ1) is 10.0. The minimum atomic E-state index is -0.0877. The van der Waals surface area contributed by atoms with Crippen LogP contribution in [-0.4, -0.2) is 22.2 Å². The third-order valence-corrected chi connectivity index (χ3v) is 3.48. The highest BCUT2D eigenvalue weighted by molar-refractivity contribution is 5.93. The number of carbonyl (C=O) groups is 1. The van der Waals surface area contributed by atoms with Crippen molar-refractivity contribution in [3.8, 4) is 0 Å². The van der Waals surface area contributed by atoms with Gasteiger partial charge in [-0.15, -0.1) is 0 Å². The molecule has 1 atom stereocenters. The van der Waals surface area contributed by atoms with Gasteiger partial charge in [-0.05, 0) is 39.8 Å². The van der Waals surface area contributed by atoms with Crippen LogP contribution in [0.1, 0.15) is 37.0 Å². The Morgan fingerprint density at radius 3 is 2.81 bits per heavy atom. The molecular weight excluding hydrogens is 268 g/mol. The minimum absolute atomic E-state index is 0.00805. The van der Waals surface area contributed by atoms with Crippen molar-refractivity contribution in [3.63, 3.8) is 0 Å². The molecule has 21 heavy (non-hydrogen) atoms. The molecule has 0 aromatic carbocycles. The Balaban J connectivity index is 1.92. The third-order valence-electron chi connectivity index (χ3n) is 3.48. The van der Waals surface area contributed by atoms with E-state index in [1.165, 1.54) is 0 Å². The van der Waals surface area contributed by atoms with E-state index in [2.05, 4.69) is 15.7 Å². The van der Waals surface area contributed by atoms with Gasteiger partial charge in [0.15, 0.2) is 0 Å². The highest BCUT2D eigenvalue weighted by atomic mass is 16.3. The van der Waals surface area contributed by atoms with E-state index in [9.17, 15) is 4.79 Å². The molecule has 0 aliphatic carbocycles. The van der Waals surface area contributed by atoms with Crippen molar-refractivity contribution < 1.29 is 9.21 Å². The fourth-order valence-corrected chi connectivity index (χ4v) is 2.25. The zero-order valence-corrected chi connectivity index (χ0v) is 12.9. The molecule has 2 aromatic rings. The molecule has 1 amide bonds. The number of aromatic nitrogens is 2. The summed E-state index contributed by atoms with van der Waals surface area (Å²) in [6.45, 7) is 8.84. The SMILES string of the molecule is CCn1nc(C)c(NC(=O)CNC(C)c2ccco2)c1C. The number of anilines is 1. The number of furan rings is 1. The Morgan fingerprint density at radius 1 is 1.48 bits per heavy atom.